The second-order valence-electron chi connectivity index (χ2n) is 4.75. The van der Waals surface area contributed by atoms with Crippen molar-refractivity contribution in [3.05, 3.63) is 64.2 Å². The van der Waals surface area contributed by atoms with Crippen molar-refractivity contribution in [1.29, 1.82) is 0 Å². The van der Waals surface area contributed by atoms with E-state index in [2.05, 4.69) is 10.6 Å². The predicted molar refractivity (Wildman–Crippen MR) is 93.3 cm³/mol. The van der Waals surface area contributed by atoms with E-state index in [1.165, 1.54) is 18.2 Å². The maximum atomic E-state index is 12.1. The second kappa shape index (κ2) is 7.21. The van der Waals surface area contributed by atoms with Gasteiger partial charge in [-0.15, -0.1) is 0 Å². The molecule has 0 aliphatic rings. The number of halogens is 1. The molecule has 7 heteroatoms. The van der Waals surface area contributed by atoms with E-state index in [4.69, 9.17) is 28.9 Å². The predicted octanol–water partition coefficient (Wildman–Crippen LogP) is 3.47. The number of benzene rings is 2. The Balaban J connectivity index is 2.09. The molecule has 0 unspecified atom stereocenters. The average Bonchev–Trinajstić information content (AvgIpc) is 2.49. The fourth-order valence-corrected chi connectivity index (χ4v) is 2.24. The second-order valence-corrected chi connectivity index (χ2v) is 5.60. The zero-order chi connectivity index (χ0) is 17.0. The van der Waals surface area contributed by atoms with Crippen molar-refractivity contribution < 1.29 is 14.7 Å². The molecule has 0 aliphatic carbocycles. The molecule has 2 aromatic rings. The molecule has 0 radical (unpaired) electrons. The van der Waals surface area contributed by atoms with Gasteiger partial charge in [0, 0.05) is 16.3 Å². The third-order valence-corrected chi connectivity index (χ3v) is 3.49. The molecule has 118 valence electrons. The van der Waals surface area contributed by atoms with Crippen LogP contribution < -0.4 is 10.6 Å². The van der Waals surface area contributed by atoms with E-state index >= 15 is 0 Å². The maximum Gasteiger partial charge on any atom is 0.335 e. The normalized spacial score (nSPS) is 10.0. The van der Waals surface area contributed by atoms with Gasteiger partial charge in [0.1, 0.15) is 0 Å². The Bertz CT molecular complexity index is 793. The number of nitrogens with one attached hydrogen (secondary N) is 2. The first-order valence-electron chi connectivity index (χ1n) is 6.58. The lowest BCUT2D eigenvalue weighted by Gasteiger charge is -2.12. The molecule has 3 N–H and O–H groups in total. The molecule has 0 aromatic heterocycles. The van der Waals surface area contributed by atoms with Crippen LogP contribution in [0.4, 0.5) is 5.69 Å². The minimum Gasteiger partial charge on any atom is -0.478 e. The minimum atomic E-state index is -1.04. The third kappa shape index (κ3) is 4.51. The Morgan fingerprint density at radius 1 is 1.13 bits per heavy atom. The van der Waals surface area contributed by atoms with Crippen LogP contribution in [0.1, 0.15) is 26.3 Å². The summed E-state index contributed by atoms with van der Waals surface area (Å²) in [6.45, 7) is 1.80. The molecular weight excluding hydrogens is 336 g/mol. The van der Waals surface area contributed by atoms with Crippen LogP contribution in [-0.2, 0) is 0 Å². The number of hydrogen-bond acceptors (Lipinski definition) is 3. The molecule has 0 bridgehead atoms. The van der Waals surface area contributed by atoms with E-state index in [1.807, 2.05) is 0 Å². The van der Waals surface area contributed by atoms with Gasteiger partial charge in [-0.05, 0) is 55.0 Å². The molecule has 0 atom stereocenters. The molecular formula is C16H13ClN2O3S. The van der Waals surface area contributed by atoms with Gasteiger partial charge < -0.3 is 10.4 Å². The summed E-state index contributed by atoms with van der Waals surface area (Å²) in [7, 11) is 0. The van der Waals surface area contributed by atoms with Crippen molar-refractivity contribution in [2.75, 3.05) is 5.32 Å². The van der Waals surface area contributed by atoms with E-state index in [0.717, 1.165) is 5.56 Å². The SMILES string of the molecule is Cc1ccc(C(=O)O)cc1NC(=S)NC(=O)c1cccc(Cl)c1. The van der Waals surface area contributed by atoms with Gasteiger partial charge in [-0.3, -0.25) is 10.1 Å². The first-order valence-corrected chi connectivity index (χ1v) is 7.37. The summed E-state index contributed by atoms with van der Waals surface area (Å²) in [4.78, 5) is 23.1. The van der Waals surface area contributed by atoms with Crippen LogP contribution in [0.2, 0.25) is 5.02 Å². The number of carboxylic acid groups (broad SMARTS) is 1. The smallest absolute Gasteiger partial charge is 0.335 e. The van der Waals surface area contributed by atoms with Crippen molar-refractivity contribution in [3.8, 4) is 0 Å². The number of hydrogen-bond donors (Lipinski definition) is 3. The quantitative estimate of drug-likeness (QED) is 0.740. The summed E-state index contributed by atoms with van der Waals surface area (Å²) >= 11 is 10.9. The van der Waals surface area contributed by atoms with Crippen molar-refractivity contribution in [2.45, 2.75) is 6.92 Å². The van der Waals surface area contributed by atoms with E-state index in [1.54, 1.807) is 31.2 Å². The number of thiocarbonyl (C=S) groups is 1. The maximum absolute atomic E-state index is 12.1. The van der Waals surface area contributed by atoms with Crippen LogP contribution in [0.3, 0.4) is 0 Å². The topological polar surface area (TPSA) is 78.4 Å². The van der Waals surface area contributed by atoms with Gasteiger partial charge in [-0.25, -0.2) is 4.79 Å². The third-order valence-electron chi connectivity index (χ3n) is 3.05. The van der Waals surface area contributed by atoms with Gasteiger partial charge >= 0.3 is 5.97 Å². The zero-order valence-corrected chi connectivity index (χ0v) is 13.7. The van der Waals surface area contributed by atoms with Crippen molar-refractivity contribution in [1.82, 2.24) is 5.32 Å². The molecule has 5 nitrogen and oxygen atoms in total. The Labute approximate surface area is 143 Å². The number of rotatable bonds is 3. The monoisotopic (exact) mass is 348 g/mol. The van der Waals surface area contributed by atoms with Crippen molar-refractivity contribution in [2.24, 2.45) is 0 Å². The Kier molecular flexibility index (Phi) is 5.31. The van der Waals surface area contributed by atoms with Crippen LogP contribution in [0.5, 0.6) is 0 Å². The Hall–Kier alpha value is -2.44. The fraction of sp³-hybridized carbons (Fsp3) is 0.0625. The van der Waals surface area contributed by atoms with Crippen LogP contribution >= 0.6 is 23.8 Å². The fourth-order valence-electron chi connectivity index (χ4n) is 1.85. The molecule has 0 saturated carbocycles. The molecule has 0 aliphatic heterocycles. The van der Waals surface area contributed by atoms with Crippen LogP contribution in [0.15, 0.2) is 42.5 Å². The molecule has 0 fully saturated rings. The highest BCUT2D eigenvalue weighted by Gasteiger charge is 2.11. The van der Waals surface area contributed by atoms with Crippen molar-refractivity contribution >= 4 is 46.5 Å². The molecule has 2 rings (SSSR count). The molecule has 0 heterocycles. The largest absolute Gasteiger partial charge is 0.478 e. The molecule has 1 amide bonds. The summed E-state index contributed by atoms with van der Waals surface area (Å²) < 4.78 is 0. The molecule has 23 heavy (non-hydrogen) atoms. The highest BCUT2D eigenvalue weighted by atomic mass is 35.5. The first-order chi connectivity index (χ1) is 10.9. The van der Waals surface area contributed by atoms with Crippen LogP contribution in [0, 0.1) is 6.92 Å². The van der Waals surface area contributed by atoms with Gasteiger partial charge in [0.15, 0.2) is 5.11 Å². The van der Waals surface area contributed by atoms with E-state index in [9.17, 15) is 9.59 Å². The summed E-state index contributed by atoms with van der Waals surface area (Å²) in [5.41, 5.74) is 1.82. The minimum absolute atomic E-state index is 0.0700. The van der Waals surface area contributed by atoms with Gasteiger partial charge in [0.2, 0.25) is 0 Å². The number of carbonyl (C=O) groups is 2. The summed E-state index contributed by atoms with van der Waals surface area (Å²) in [6, 6.07) is 11.1. The number of carboxylic acids is 1. The van der Waals surface area contributed by atoms with Crippen molar-refractivity contribution in [3.63, 3.8) is 0 Å². The van der Waals surface area contributed by atoms with Crippen LogP contribution in [-0.4, -0.2) is 22.1 Å². The van der Waals surface area contributed by atoms with Gasteiger partial charge in [0.25, 0.3) is 5.91 Å². The lowest BCUT2D eigenvalue weighted by atomic mass is 10.1. The molecule has 2 aromatic carbocycles. The standard InChI is InChI=1S/C16H13ClN2O3S/c1-9-5-6-11(15(21)22)8-13(9)18-16(23)19-14(20)10-3-2-4-12(17)7-10/h2-8H,1H3,(H,21,22)(H2,18,19,20,23). The lowest BCUT2D eigenvalue weighted by molar-refractivity contribution is 0.0696. The molecule has 0 saturated heterocycles. The number of aromatic carboxylic acids is 1. The van der Waals surface area contributed by atoms with E-state index in [-0.39, 0.29) is 10.7 Å². The van der Waals surface area contributed by atoms with Gasteiger partial charge in [-0.1, -0.05) is 23.7 Å². The highest BCUT2D eigenvalue weighted by molar-refractivity contribution is 7.80. The number of aryl methyl sites for hydroxylation is 1. The zero-order valence-electron chi connectivity index (χ0n) is 12.1. The molecule has 0 spiro atoms. The van der Waals surface area contributed by atoms with Crippen LogP contribution in [0.25, 0.3) is 0 Å². The van der Waals surface area contributed by atoms with Gasteiger partial charge in [0.05, 0.1) is 5.56 Å². The summed E-state index contributed by atoms with van der Waals surface area (Å²) in [6.07, 6.45) is 0. The number of carbonyl (C=O) groups excluding carboxylic acids is 1. The lowest BCUT2D eigenvalue weighted by Crippen LogP contribution is -2.34. The summed E-state index contributed by atoms with van der Waals surface area (Å²) in [5.74, 6) is -1.45. The Morgan fingerprint density at radius 2 is 1.87 bits per heavy atom. The number of anilines is 1. The van der Waals surface area contributed by atoms with Gasteiger partial charge in [-0.2, -0.15) is 0 Å². The van der Waals surface area contributed by atoms with E-state index in [0.29, 0.717) is 16.3 Å². The Morgan fingerprint density at radius 3 is 2.52 bits per heavy atom. The average molecular weight is 349 g/mol. The summed E-state index contributed by atoms with van der Waals surface area (Å²) in [5, 5.41) is 14.9. The van der Waals surface area contributed by atoms with E-state index < -0.39 is 11.9 Å². The highest BCUT2D eigenvalue weighted by Crippen LogP contribution is 2.17. The first kappa shape index (κ1) is 16.9. The number of amides is 1.